The summed E-state index contributed by atoms with van der Waals surface area (Å²) < 4.78 is 12.5. The monoisotopic (exact) mass is 474 g/mol. The molecule has 182 valence electrons. The Balaban J connectivity index is 1.43. The Kier molecular flexibility index (Phi) is 7.47. The molecule has 9 heteroatoms. The van der Waals surface area contributed by atoms with Gasteiger partial charge < -0.3 is 24.7 Å². The molecule has 2 N–H and O–H groups in total. The van der Waals surface area contributed by atoms with Crippen molar-refractivity contribution in [3.63, 3.8) is 0 Å². The van der Waals surface area contributed by atoms with E-state index in [1.807, 2.05) is 61.8 Å². The van der Waals surface area contributed by atoms with Crippen molar-refractivity contribution in [2.75, 3.05) is 34.9 Å². The highest BCUT2D eigenvalue weighted by molar-refractivity contribution is 5.96. The van der Waals surface area contributed by atoms with Crippen LogP contribution in [0.2, 0.25) is 0 Å². The second kappa shape index (κ2) is 10.9. The summed E-state index contributed by atoms with van der Waals surface area (Å²) in [7, 11) is 7.26. The molecule has 9 nitrogen and oxygen atoms in total. The van der Waals surface area contributed by atoms with E-state index in [1.54, 1.807) is 20.3 Å². The van der Waals surface area contributed by atoms with Crippen molar-refractivity contribution in [3.8, 4) is 22.6 Å². The Labute approximate surface area is 204 Å². The van der Waals surface area contributed by atoms with Crippen LogP contribution in [-0.4, -0.2) is 65.4 Å². The highest BCUT2D eigenvalue weighted by Crippen LogP contribution is 2.27. The van der Waals surface area contributed by atoms with Crippen molar-refractivity contribution >= 4 is 23.0 Å². The van der Waals surface area contributed by atoms with E-state index < -0.39 is 0 Å². The number of hydrogen-bond donors (Lipinski definition) is 2. The van der Waals surface area contributed by atoms with E-state index >= 15 is 0 Å². The number of methoxy groups -OCH3 is 2. The normalized spacial score (nSPS) is 11.5. The molecule has 3 heterocycles. The van der Waals surface area contributed by atoms with Gasteiger partial charge in [0, 0.05) is 59.8 Å². The summed E-state index contributed by atoms with van der Waals surface area (Å²) in [5, 5.41) is 8.29. The molecule has 0 radical (unpaired) electrons. The summed E-state index contributed by atoms with van der Waals surface area (Å²) in [6.07, 6.45) is 10.9. The number of benzene rings is 1. The minimum absolute atomic E-state index is 0.194. The Hall–Kier alpha value is -4.11. The maximum atomic E-state index is 12.4. The third-order valence-corrected chi connectivity index (χ3v) is 5.63. The fourth-order valence-corrected chi connectivity index (χ4v) is 3.66. The van der Waals surface area contributed by atoms with Gasteiger partial charge in [-0.2, -0.15) is 5.10 Å². The molecule has 0 unspecified atom stereocenters. The third-order valence-electron chi connectivity index (χ3n) is 5.63. The van der Waals surface area contributed by atoms with Crippen LogP contribution in [0.5, 0.6) is 11.5 Å². The molecule has 0 bridgehead atoms. The first-order chi connectivity index (χ1) is 17.0. The van der Waals surface area contributed by atoms with Crippen LogP contribution in [0.25, 0.3) is 28.2 Å². The molecule has 0 saturated heterocycles. The topological polar surface area (TPSA) is 97.3 Å². The van der Waals surface area contributed by atoms with Gasteiger partial charge in [0.15, 0.2) is 11.5 Å². The molecule has 35 heavy (non-hydrogen) atoms. The van der Waals surface area contributed by atoms with Crippen LogP contribution < -0.4 is 14.8 Å². The maximum absolute atomic E-state index is 12.4. The van der Waals surface area contributed by atoms with Crippen molar-refractivity contribution in [2.24, 2.45) is 0 Å². The lowest BCUT2D eigenvalue weighted by molar-refractivity contribution is -0.116. The Morgan fingerprint density at radius 2 is 1.97 bits per heavy atom. The molecule has 0 saturated carbocycles. The Bertz CT molecular complexity index is 1340. The molecule has 0 spiro atoms. The number of likely N-dealkylation sites (N-methyl/N-ethyl adjacent to an activating group) is 1. The number of H-pyrrole nitrogens is 1. The zero-order valence-electron chi connectivity index (χ0n) is 20.4. The first-order valence-corrected chi connectivity index (χ1v) is 11.3. The summed E-state index contributed by atoms with van der Waals surface area (Å²) in [5.74, 6) is 1.08. The van der Waals surface area contributed by atoms with Gasteiger partial charge >= 0.3 is 0 Å². The van der Waals surface area contributed by atoms with Crippen molar-refractivity contribution in [1.29, 1.82) is 0 Å². The number of nitrogens with one attached hydrogen (secondary N) is 2. The van der Waals surface area contributed by atoms with Gasteiger partial charge in [-0.1, -0.05) is 6.07 Å². The van der Waals surface area contributed by atoms with Crippen LogP contribution in [0.1, 0.15) is 11.1 Å². The molecule has 0 aliphatic rings. The number of aromatic amines is 1. The van der Waals surface area contributed by atoms with Gasteiger partial charge in [-0.3, -0.25) is 9.48 Å². The fourth-order valence-electron chi connectivity index (χ4n) is 3.66. The van der Waals surface area contributed by atoms with E-state index in [0.717, 1.165) is 46.4 Å². The van der Waals surface area contributed by atoms with Crippen molar-refractivity contribution < 1.29 is 14.3 Å². The molecular weight excluding hydrogens is 444 g/mol. The second-order valence-electron chi connectivity index (χ2n) is 8.40. The van der Waals surface area contributed by atoms with E-state index in [-0.39, 0.29) is 5.91 Å². The molecule has 1 aromatic carbocycles. The lowest BCUT2D eigenvalue weighted by atomic mass is 10.1. The molecule has 0 fully saturated rings. The number of fused-ring (bicyclic) bond motifs is 1. The largest absolute Gasteiger partial charge is 0.493 e. The predicted molar refractivity (Wildman–Crippen MR) is 136 cm³/mol. The average Bonchev–Trinajstić information content (AvgIpc) is 3.51. The van der Waals surface area contributed by atoms with Gasteiger partial charge in [0.05, 0.1) is 27.0 Å². The number of aromatic nitrogens is 4. The first-order valence-electron chi connectivity index (χ1n) is 11.3. The SMILES string of the molecule is COc1ccc(CNC(=O)/C=C/c2c[nH]c3ncc(-c4cnn(CCN(C)C)c4)cc23)cc1OC. The number of amides is 1. The van der Waals surface area contributed by atoms with Crippen molar-refractivity contribution in [1.82, 2.24) is 30.0 Å². The zero-order chi connectivity index (χ0) is 24.8. The van der Waals surface area contributed by atoms with Gasteiger partial charge in [0.2, 0.25) is 5.91 Å². The van der Waals surface area contributed by atoms with Crippen LogP contribution in [-0.2, 0) is 17.9 Å². The summed E-state index contributed by atoms with van der Waals surface area (Å²) in [4.78, 5) is 22.3. The molecule has 1 amide bonds. The molecule has 4 aromatic rings. The van der Waals surface area contributed by atoms with Crippen molar-refractivity contribution in [3.05, 3.63) is 66.3 Å². The quantitative estimate of drug-likeness (QED) is 0.342. The standard InChI is InChI=1S/C26H30N6O3/c1-31(2)9-10-32-17-21(16-30-32)20-12-22-19(14-28-26(22)29-15-20)6-8-25(33)27-13-18-5-7-23(34-3)24(11-18)35-4/h5-8,11-12,14-17H,9-10,13H2,1-4H3,(H,27,33)(H,28,29)/b8-6+. The van der Waals surface area contributed by atoms with E-state index in [9.17, 15) is 4.79 Å². The highest BCUT2D eigenvalue weighted by Gasteiger charge is 2.09. The zero-order valence-corrected chi connectivity index (χ0v) is 20.4. The van der Waals surface area contributed by atoms with Gasteiger partial charge in [0.25, 0.3) is 0 Å². The molecule has 0 aliphatic heterocycles. The summed E-state index contributed by atoms with van der Waals surface area (Å²) in [5.41, 5.74) is 4.54. The van der Waals surface area contributed by atoms with Gasteiger partial charge in [0.1, 0.15) is 5.65 Å². The number of carbonyl (C=O) groups is 1. The summed E-state index contributed by atoms with van der Waals surface area (Å²) >= 11 is 0. The summed E-state index contributed by atoms with van der Waals surface area (Å²) in [6, 6.07) is 7.62. The minimum atomic E-state index is -0.194. The number of nitrogens with zero attached hydrogens (tertiary/aromatic N) is 4. The molecule has 3 aromatic heterocycles. The Morgan fingerprint density at radius 3 is 2.74 bits per heavy atom. The third kappa shape index (κ3) is 5.88. The number of pyridine rings is 1. The number of hydrogen-bond acceptors (Lipinski definition) is 6. The van der Waals surface area contributed by atoms with Gasteiger partial charge in [-0.15, -0.1) is 0 Å². The minimum Gasteiger partial charge on any atom is -0.493 e. The average molecular weight is 475 g/mol. The van der Waals surface area contributed by atoms with Crippen LogP contribution in [0.15, 0.2) is 55.1 Å². The number of carbonyl (C=O) groups excluding carboxylic acids is 1. The van der Waals surface area contributed by atoms with Crippen LogP contribution in [0, 0.1) is 0 Å². The smallest absolute Gasteiger partial charge is 0.244 e. The molecule has 0 aliphatic carbocycles. The van der Waals surface area contributed by atoms with E-state index in [4.69, 9.17) is 9.47 Å². The predicted octanol–water partition coefficient (Wildman–Crippen LogP) is 3.33. The lowest BCUT2D eigenvalue weighted by Crippen LogP contribution is -2.20. The molecule has 4 rings (SSSR count). The van der Waals surface area contributed by atoms with Crippen molar-refractivity contribution in [2.45, 2.75) is 13.1 Å². The number of rotatable bonds is 10. The van der Waals surface area contributed by atoms with E-state index in [1.165, 1.54) is 6.08 Å². The lowest BCUT2D eigenvalue weighted by Gasteiger charge is -2.09. The fraction of sp³-hybridized carbons (Fsp3) is 0.269. The van der Waals surface area contributed by atoms with Crippen LogP contribution in [0.3, 0.4) is 0 Å². The summed E-state index contributed by atoms with van der Waals surface area (Å²) in [6.45, 7) is 2.11. The van der Waals surface area contributed by atoms with E-state index in [2.05, 4.69) is 31.3 Å². The highest BCUT2D eigenvalue weighted by atomic mass is 16.5. The Morgan fingerprint density at radius 1 is 1.14 bits per heavy atom. The van der Waals surface area contributed by atoms with E-state index in [0.29, 0.717) is 18.0 Å². The van der Waals surface area contributed by atoms with Crippen LogP contribution >= 0.6 is 0 Å². The number of ether oxygens (including phenoxy) is 2. The first kappa shape index (κ1) is 24.0. The van der Waals surface area contributed by atoms with Gasteiger partial charge in [-0.25, -0.2) is 4.98 Å². The second-order valence-corrected chi connectivity index (χ2v) is 8.40. The molecular formula is C26H30N6O3. The maximum Gasteiger partial charge on any atom is 0.244 e. The van der Waals surface area contributed by atoms with Gasteiger partial charge in [-0.05, 0) is 43.9 Å². The molecule has 0 atom stereocenters. The van der Waals surface area contributed by atoms with Crippen LogP contribution in [0.4, 0.5) is 0 Å².